The normalized spacial score (nSPS) is 11.3. The highest BCUT2D eigenvalue weighted by Gasteiger charge is 2.06. The van der Waals surface area contributed by atoms with Crippen molar-refractivity contribution in [1.82, 2.24) is 0 Å². The Morgan fingerprint density at radius 3 is 1.21 bits per heavy atom. The quantitative estimate of drug-likeness (QED) is 0.153. The van der Waals surface area contributed by atoms with Crippen molar-refractivity contribution in [3.05, 3.63) is 12.7 Å². The Morgan fingerprint density at radius 2 is 0.875 bits per heavy atom. The minimum atomic E-state index is 0.919. The lowest BCUT2D eigenvalue weighted by atomic mass is 9.91. The summed E-state index contributed by atoms with van der Waals surface area (Å²) in [6.07, 6.45) is 29.3. The zero-order chi connectivity index (χ0) is 17.7. The third kappa shape index (κ3) is 18.1. The lowest BCUT2D eigenvalue weighted by Gasteiger charge is -2.15. The van der Waals surface area contributed by atoms with Crippen LogP contribution in [0.3, 0.4) is 0 Å². The molecule has 0 spiro atoms. The van der Waals surface area contributed by atoms with Crippen LogP contribution < -0.4 is 0 Å². The van der Waals surface area contributed by atoms with Gasteiger partial charge in [0.05, 0.1) is 0 Å². The molecule has 0 aliphatic heterocycles. The van der Waals surface area contributed by atoms with E-state index in [0.29, 0.717) is 0 Å². The molecule has 24 heavy (non-hydrogen) atoms. The molecule has 0 aliphatic rings. The van der Waals surface area contributed by atoms with Gasteiger partial charge in [0, 0.05) is 0 Å². The summed E-state index contributed by atoms with van der Waals surface area (Å²) in [5, 5.41) is 0. The van der Waals surface area contributed by atoms with Gasteiger partial charge < -0.3 is 0 Å². The fourth-order valence-electron chi connectivity index (χ4n) is 3.75. The third-order valence-corrected chi connectivity index (χ3v) is 5.43. The third-order valence-electron chi connectivity index (χ3n) is 5.43. The van der Waals surface area contributed by atoms with E-state index in [9.17, 15) is 0 Å². The van der Waals surface area contributed by atoms with Crippen LogP contribution in [-0.4, -0.2) is 0 Å². The lowest BCUT2D eigenvalue weighted by molar-refractivity contribution is 0.405. The first-order valence-corrected chi connectivity index (χ1v) is 11.5. The van der Waals surface area contributed by atoms with Gasteiger partial charge in [0.15, 0.2) is 0 Å². The fraction of sp³-hybridized carbons (Fsp3) is 0.917. The molecule has 0 saturated heterocycles. The van der Waals surface area contributed by atoms with E-state index in [1.54, 1.807) is 0 Å². The first-order valence-electron chi connectivity index (χ1n) is 11.5. The average Bonchev–Trinajstić information content (AvgIpc) is 2.59. The Hall–Kier alpha value is -0.260. The van der Waals surface area contributed by atoms with E-state index in [4.69, 9.17) is 0 Å². The molecule has 0 nitrogen and oxygen atoms in total. The van der Waals surface area contributed by atoms with Crippen molar-refractivity contribution < 1.29 is 0 Å². The maximum Gasteiger partial charge on any atom is -0.0325 e. The minimum Gasteiger partial charge on any atom is -0.103 e. The number of hydrogen-bond donors (Lipinski definition) is 0. The average molecular weight is 337 g/mol. The molecule has 0 unspecified atom stereocenters. The van der Waals surface area contributed by atoms with E-state index in [0.717, 1.165) is 5.92 Å². The van der Waals surface area contributed by atoms with Crippen molar-refractivity contribution in [2.24, 2.45) is 5.92 Å². The van der Waals surface area contributed by atoms with Crippen LogP contribution >= 0.6 is 0 Å². The van der Waals surface area contributed by atoms with Crippen LogP contribution in [0.25, 0.3) is 0 Å². The molecule has 0 amide bonds. The first kappa shape index (κ1) is 23.7. The second-order valence-corrected chi connectivity index (χ2v) is 7.92. The Morgan fingerprint density at radius 1 is 0.542 bits per heavy atom. The van der Waals surface area contributed by atoms with Crippen molar-refractivity contribution in [3.8, 4) is 0 Å². The second kappa shape index (κ2) is 20.8. The molecule has 0 aromatic heterocycles. The van der Waals surface area contributed by atoms with Crippen LogP contribution in [-0.2, 0) is 0 Å². The summed E-state index contributed by atoms with van der Waals surface area (Å²) < 4.78 is 0. The van der Waals surface area contributed by atoms with Gasteiger partial charge in [-0.05, 0) is 12.3 Å². The summed E-state index contributed by atoms with van der Waals surface area (Å²) in [5.41, 5.74) is 0. The standard InChI is InChI=1S/C24H48/c1-4-7-9-11-13-15-17-19-22-24(21-6-3)23-20-18-16-14-12-10-8-5-2/h6,24H,3-5,7-23H2,1-2H3. The van der Waals surface area contributed by atoms with Crippen LogP contribution in [0.15, 0.2) is 12.7 Å². The largest absolute Gasteiger partial charge is 0.103 e. The van der Waals surface area contributed by atoms with Crippen molar-refractivity contribution in [2.75, 3.05) is 0 Å². The first-order chi connectivity index (χ1) is 11.8. The lowest BCUT2D eigenvalue weighted by Crippen LogP contribution is -1.99. The molecule has 0 heterocycles. The van der Waals surface area contributed by atoms with Gasteiger partial charge in [-0.25, -0.2) is 0 Å². The summed E-state index contributed by atoms with van der Waals surface area (Å²) in [6.45, 7) is 8.57. The SMILES string of the molecule is C=CCC(CCCCCCCCCC)CCCCCCCCCC. The molecular weight excluding hydrogens is 288 g/mol. The molecule has 0 heteroatoms. The number of rotatable bonds is 20. The van der Waals surface area contributed by atoms with Crippen molar-refractivity contribution in [3.63, 3.8) is 0 Å². The van der Waals surface area contributed by atoms with Crippen molar-refractivity contribution in [2.45, 2.75) is 136 Å². The maximum atomic E-state index is 3.97. The van der Waals surface area contributed by atoms with E-state index >= 15 is 0 Å². The molecule has 0 aromatic rings. The smallest absolute Gasteiger partial charge is 0.0325 e. The van der Waals surface area contributed by atoms with Gasteiger partial charge in [0.2, 0.25) is 0 Å². The summed E-state index contributed by atoms with van der Waals surface area (Å²) >= 11 is 0. The molecule has 0 rings (SSSR count). The molecule has 0 aromatic carbocycles. The molecule has 0 N–H and O–H groups in total. The van der Waals surface area contributed by atoms with E-state index in [-0.39, 0.29) is 0 Å². The van der Waals surface area contributed by atoms with E-state index < -0.39 is 0 Å². The highest BCUT2D eigenvalue weighted by atomic mass is 14.1. The molecule has 0 atom stereocenters. The zero-order valence-corrected chi connectivity index (χ0v) is 17.3. The van der Waals surface area contributed by atoms with Crippen molar-refractivity contribution in [1.29, 1.82) is 0 Å². The van der Waals surface area contributed by atoms with Gasteiger partial charge in [-0.2, -0.15) is 0 Å². The Kier molecular flexibility index (Phi) is 20.6. The second-order valence-electron chi connectivity index (χ2n) is 7.92. The van der Waals surface area contributed by atoms with Crippen LogP contribution in [0.4, 0.5) is 0 Å². The van der Waals surface area contributed by atoms with Crippen LogP contribution in [0.2, 0.25) is 0 Å². The highest BCUT2D eigenvalue weighted by Crippen LogP contribution is 2.22. The van der Waals surface area contributed by atoms with Gasteiger partial charge in [-0.3, -0.25) is 0 Å². The molecule has 0 bridgehead atoms. The van der Waals surface area contributed by atoms with Gasteiger partial charge in [0.1, 0.15) is 0 Å². The van der Waals surface area contributed by atoms with Gasteiger partial charge >= 0.3 is 0 Å². The molecule has 0 radical (unpaired) electrons. The zero-order valence-electron chi connectivity index (χ0n) is 17.3. The van der Waals surface area contributed by atoms with Crippen LogP contribution in [0.5, 0.6) is 0 Å². The van der Waals surface area contributed by atoms with Crippen molar-refractivity contribution >= 4 is 0 Å². The summed E-state index contributed by atoms with van der Waals surface area (Å²) in [4.78, 5) is 0. The van der Waals surface area contributed by atoms with Gasteiger partial charge in [0.25, 0.3) is 0 Å². The van der Waals surface area contributed by atoms with E-state index in [1.807, 2.05) is 0 Å². The van der Waals surface area contributed by atoms with Crippen LogP contribution in [0.1, 0.15) is 136 Å². The minimum absolute atomic E-state index is 0.919. The van der Waals surface area contributed by atoms with Gasteiger partial charge in [-0.15, -0.1) is 6.58 Å². The Bertz CT molecular complexity index is 210. The number of hydrogen-bond acceptors (Lipinski definition) is 0. The monoisotopic (exact) mass is 336 g/mol. The summed E-state index contributed by atoms with van der Waals surface area (Å²) in [6, 6.07) is 0. The summed E-state index contributed by atoms with van der Waals surface area (Å²) in [5.74, 6) is 0.919. The molecule has 144 valence electrons. The molecular formula is C24H48. The maximum absolute atomic E-state index is 3.97. The summed E-state index contributed by atoms with van der Waals surface area (Å²) in [7, 11) is 0. The number of allylic oxidation sites excluding steroid dienone is 1. The van der Waals surface area contributed by atoms with E-state index in [2.05, 4.69) is 26.5 Å². The Balaban J connectivity index is 3.45. The Labute approximate surface area is 154 Å². The molecule has 0 saturated carbocycles. The van der Waals surface area contributed by atoms with Crippen LogP contribution in [0, 0.1) is 5.92 Å². The fourth-order valence-corrected chi connectivity index (χ4v) is 3.75. The topological polar surface area (TPSA) is 0 Å². The molecule has 0 aliphatic carbocycles. The number of unbranched alkanes of at least 4 members (excludes halogenated alkanes) is 14. The predicted octanol–water partition coefficient (Wildman–Crippen LogP) is 9.24. The molecule has 0 fully saturated rings. The highest BCUT2D eigenvalue weighted by molar-refractivity contribution is 4.73. The van der Waals surface area contributed by atoms with E-state index in [1.165, 1.54) is 122 Å². The van der Waals surface area contributed by atoms with Gasteiger partial charge in [-0.1, -0.05) is 135 Å². The predicted molar refractivity (Wildman–Crippen MR) is 113 cm³/mol.